The largest absolute Gasteiger partial charge is 1.00 e. The summed E-state index contributed by atoms with van der Waals surface area (Å²) >= 11 is 0. The number of nitrogens with one attached hydrogen (secondary N) is 2. The lowest BCUT2D eigenvalue weighted by Gasteiger charge is -2.28. The Kier molecular flexibility index (Phi) is 10.9. The van der Waals surface area contributed by atoms with Gasteiger partial charge < -0.3 is 67.6 Å². The van der Waals surface area contributed by atoms with E-state index in [1.54, 1.807) is 36.4 Å². The van der Waals surface area contributed by atoms with Crippen LogP contribution in [-0.4, -0.2) is 85.7 Å². The standard InChI is InChI=1S/C30H36N4O4.2HI/c1-33(13-3-4-14-33)17-11-27(35)31-21-7-9-23-25(19-21)30(38)26-20-22(8-10-24(26)29(23)37)32-28(36)12-18-34(2)15-5-6-16-34;;/h7-10,19-20H,3-6,11-18H2,1-2H3;2*1H. The summed E-state index contributed by atoms with van der Waals surface area (Å²) in [6, 6.07) is 9.76. The molecule has 3 aliphatic rings. The molecule has 0 aromatic heterocycles. The van der Waals surface area contributed by atoms with Gasteiger partial charge in [-0.25, -0.2) is 0 Å². The van der Waals surface area contributed by atoms with Gasteiger partial charge in [-0.1, -0.05) is 0 Å². The molecule has 2 heterocycles. The van der Waals surface area contributed by atoms with Crippen LogP contribution in [0.25, 0.3) is 0 Å². The van der Waals surface area contributed by atoms with Crippen LogP contribution in [0.15, 0.2) is 36.4 Å². The zero-order valence-electron chi connectivity index (χ0n) is 23.2. The van der Waals surface area contributed by atoms with E-state index in [-0.39, 0.29) is 82.5 Å². The highest BCUT2D eigenvalue weighted by Crippen LogP contribution is 2.31. The summed E-state index contributed by atoms with van der Waals surface area (Å²) in [5, 5.41) is 5.80. The number of benzene rings is 2. The van der Waals surface area contributed by atoms with E-state index in [1.807, 2.05) is 0 Å². The average molecular weight is 772 g/mol. The van der Waals surface area contributed by atoms with Gasteiger partial charge in [0.05, 0.1) is 66.2 Å². The van der Waals surface area contributed by atoms with E-state index in [1.165, 1.54) is 25.7 Å². The topological polar surface area (TPSA) is 92.3 Å². The van der Waals surface area contributed by atoms with E-state index in [0.29, 0.717) is 35.3 Å². The smallest absolute Gasteiger partial charge is 0.230 e. The fourth-order valence-electron chi connectivity index (χ4n) is 6.14. The first kappa shape index (κ1) is 32.6. The predicted molar refractivity (Wildman–Crippen MR) is 146 cm³/mol. The molecule has 1 aliphatic carbocycles. The van der Waals surface area contributed by atoms with Crippen molar-refractivity contribution in [3.63, 3.8) is 0 Å². The number of hydrogen-bond acceptors (Lipinski definition) is 4. The molecule has 2 N–H and O–H groups in total. The Morgan fingerprint density at radius 1 is 0.625 bits per heavy atom. The van der Waals surface area contributed by atoms with Crippen molar-refractivity contribution in [3.8, 4) is 0 Å². The summed E-state index contributed by atoms with van der Waals surface area (Å²) in [7, 11) is 4.37. The van der Waals surface area contributed by atoms with Crippen molar-refractivity contribution in [2.45, 2.75) is 38.5 Å². The minimum absolute atomic E-state index is 0. The number of amides is 2. The minimum atomic E-state index is -0.285. The molecule has 2 aromatic carbocycles. The fraction of sp³-hybridized carbons (Fsp3) is 0.467. The van der Waals surface area contributed by atoms with E-state index in [0.717, 1.165) is 48.2 Å². The molecule has 5 rings (SSSR count). The Morgan fingerprint density at radius 2 is 0.975 bits per heavy atom. The Morgan fingerprint density at radius 3 is 1.35 bits per heavy atom. The monoisotopic (exact) mass is 772 g/mol. The van der Waals surface area contributed by atoms with Crippen molar-refractivity contribution in [3.05, 3.63) is 58.7 Å². The normalized spacial score (nSPS) is 18.1. The molecule has 0 spiro atoms. The second kappa shape index (κ2) is 13.4. The van der Waals surface area contributed by atoms with Crippen LogP contribution in [0.4, 0.5) is 11.4 Å². The predicted octanol–water partition coefficient (Wildman–Crippen LogP) is -2.39. The van der Waals surface area contributed by atoms with Crippen LogP contribution >= 0.6 is 0 Å². The first-order chi connectivity index (χ1) is 18.1. The number of nitrogens with zero attached hydrogens (tertiary/aromatic N) is 2. The molecule has 2 saturated heterocycles. The van der Waals surface area contributed by atoms with Gasteiger partial charge in [-0.3, -0.25) is 19.2 Å². The molecule has 0 radical (unpaired) electrons. The molecule has 10 heteroatoms. The molecule has 40 heavy (non-hydrogen) atoms. The second-order valence-electron chi connectivity index (χ2n) is 11.8. The maximum absolute atomic E-state index is 13.4. The van der Waals surface area contributed by atoms with Crippen molar-refractivity contribution in [1.29, 1.82) is 0 Å². The van der Waals surface area contributed by atoms with Crippen molar-refractivity contribution in [2.75, 3.05) is 64.0 Å². The summed E-state index contributed by atoms with van der Waals surface area (Å²) in [6.45, 7) is 5.97. The van der Waals surface area contributed by atoms with Gasteiger partial charge in [0.1, 0.15) is 0 Å². The zero-order chi connectivity index (χ0) is 26.9. The Labute approximate surface area is 270 Å². The van der Waals surface area contributed by atoms with Gasteiger partial charge in [-0.2, -0.15) is 0 Å². The molecular weight excluding hydrogens is 734 g/mol. The van der Waals surface area contributed by atoms with E-state index in [4.69, 9.17) is 0 Å². The van der Waals surface area contributed by atoms with Crippen LogP contribution in [-0.2, 0) is 9.59 Å². The fourth-order valence-corrected chi connectivity index (χ4v) is 6.14. The van der Waals surface area contributed by atoms with Crippen molar-refractivity contribution >= 4 is 34.8 Å². The molecule has 0 saturated carbocycles. The Bertz CT molecular complexity index is 1210. The number of likely N-dealkylation sites (tertiary alicyclic amines) is 2. The molecule has 0 unspecified atom stereocenters. The van der Waals surface area contributed by atoms with Crippen molar-refractivity contribution in [2.24, 2.45) is 0 Å². The van der Waals surface area contributed by atoms with E-state index < -0.39 is 0 Å². The maximum atomic E-state index is 13.4. The molecule has 2 aromatic rings. The highest BCUT2D eigenvalue weighted by molar-refractivity contribution is 6.29. The molecule has 2 amide bonds. The SMILES string of the molecule is C[N+]1(CCC(=O)Nc2ccc3c(c2)C(=O)c2cc(NC(=O)CC[N+]4(C)CCCC4)ccc2C3=O)CCCC1.[I-].[I-]. The van der Waals surface area contributed by atoms with Crippen molar-refractivity contribution in [1.82, 2.24) is 0 Å². The summed E-state index contributed by atoms with van der Waals surface area (Å²) in [6.07, 6.45) is 5.61. The van der Waals surface area contributed by atoms with Crippen LogP contribution in [0.1, 0.15) is 70.4 Å². The van der Waals surface area contributed by atoms with Gasteiger partial charge in [0.2, 0.25) is 11.8 Å². The third-order valence-corrected chi connectivity index (χ3v) is 8.63. The average Bonchev–Trinajstić information content (AvgIpc) is 3.54. The Hall–Kier alpha value is -1.90. The van der Waals surface area contributed by atoms with Gasteiger partial charge in [0.15, 0.2) is 11.6 Å². The van der Waals surface area contributed by atoms with Gasteiger partial charge in [-0.15, -0.1) is 0 Å². The number of rotatable bonds is 8. The highest BCUT2D eigenvalue weighted by Gasteiger charge is 2.31. The minimum Gasteiger partial charge on any atom is -1.00 e. The van der Waals surface area contributed by atoms with Gasteiger partial charge >= 0.3 is 0 Å². The first-order valence-corrected chi connectivity index (χ1v) is 13.8. The second-order valence-corrected chi connectivity index (χ2v) is 11.8. The zero-order valence-corrected chi connectivity index (χ0v) is 27.5. The highest BCUT2D eigenvalue weighted by atomic mass is 127. The number of carbonyl (C=O) groups is 4. The number of anilines is 2. The van der Waals surface area contributed by atoms with Crippen LogP contribution in [0, 0.1) is 0 Å². The quantitative estimate of drug-likeness (QED) is 0.198. The van der Waals surface area contributed by atoms with Crippen LogP contribution in [0.5, 0.6) is 0 Å². The van der Waals surface area contributed by atoms with E-state index >= 15 is 0 Å². The lowest BCUT2D eigenvalue weighted by molar-refractivity contribution is -0.897. The summed E-state index contributed by atoms with van der Waals surface area (Å²) in [5.74, 6) is -0.710. The lowest BCUT2D eigenvalue weighted by atomic mass is 9.83. The Balaban J connectivity index is 0.00000220. The van der Waals surface area contributed by atoms with E-state index in [2.05, 4.69) is 24.7 Å². The number of fused-ring (bicyclic) bond motifs is 2. The third-order valence-electron chi connectivity index (χ3n) is 8.63. The summed E-state index contributed by atoms with van der Waals surface area (Å²) in [5.41, 5.74) is 2.21. The first-order valence-electron chi connectivity index (χ1n) is 13.8. The number of ketones is 2. The number of quaternary nitrogens is 2. The summed E-state index contributed by atoms with van der Waals surface area (Å²) in [4.78, 5) is 51.8. The number of carbonyl (C=O) groups excluding carboxylic acids is 4. The molecular formula is C30H38I2N4O4. The summed E-state index contributed by atoms with van der Waals surface area (Å²) < 4.78 is 1.83. The van der Waals surface area contributed by atoms with Crippen molar-refractivity contribution < 1.29 is 76.1 Å². The van der Waals surface area contributed by atoms with E-state index in [9.17, 15) is 19.2 Å². The molecule has 2 fully saturated rings. The molecule has 0 atom stereocenters. The number of hydrogen-bond donors (Lipinski definition) is 2. The van der Waals surface area contributed by atoms with Gasteiger partial charge in [0, 0.05) is 59.3 Å². The van der Waals surface area contributed by atoms with Gasteiger partial charge in [0.25, 0.3) is 0 Å². The lowest BCUT2D eigenvalue weighted by Crippen LogP contribution is -3.00. The number of halogens is 2. The maximum Gasteiger partial charge on any atom is 0.230 e. The molecule has 2 aliphatic heterocycles. The van der Waals surface area contributed by atoms with Crippen LogP contribution < -0.4 is 58.6 Å². The van der Waals surface area contributed by atoms with Crippen LogP contribution in [0.2, 0.25) is 0 Å². The molecule has 8 nitrogen and oxygen atoms in total. The van der Waals surface area contributed by atoms with Crippen LogP contribution in [0.3, 0.4) is 0 Å². The third kappa shape index (κ3) is 7.29. The molecule has 0 bridgehead atoms. The van der Waals surface area contributed by atoms with Gasteiger partial charge in [-0.05, 0) is 36.4 Å². The molecule has 216 valence electrons.